The summed E-state index contributed by atoms with van der Waals surface area (Å²) in [5.74, 6) is 1.58. The minimum Gasteiger partial charge on any atom is -0.496 e. The smallest absolute Gasteiger partial charge is 0.339 e. The van der Waals surface area contributed by atoms with Crippen molar-refractivity contribution in [2.45, 2.75) is 0 Å². The molecule has 1 aromatic heterocycles. The Labute approximate surface area is 159 Å². The SMILES string of the molecule is COc1cc(OC)c(OC)cc1C=NNC(=O)Nc1cccc2nsnc12. The van der Waals surface area contributed by atoms with Crippen LogP contribution in [0, 0.1) is 0 Å². The Morgan fingerprint density at radius 3 is 2.56 bits per heavy atom. The number of nitrogens with zero attached hydrogens (tertiary/aromatic N) is 3. The van der Waals surface area contributed by atoms with Crippen LogP contribution in [0.1, 0.15) is 5.56 Å². The summed E-state index contributed by atoms with van der Waals surface area (Å²) < 4.78 is 24.1. The highest BCUT2D eigenvalue weighted by atomic mass is 32.1. The van der Waals surface area contributed by atoms with E-state index in [0.29, 0.717) is 34.0 Å². The van der Waals surface area contributed by atoms with Gasteiger partial charge in [-0.2, -0.15) is 13.8 Å². The molecule has 140 valence electrons. The zero-order chi connectivity index (χ0) is 19.2. The molecule has 10 heteroatoms. The maximum atomic E-state index is 12.1. The second-order valence-electron chi connectivity index (χ2n) is 5.21. The average Bonchev–Trinajstić information content (AvgIpc) is 3.17. The van der Waals surface area contributed by atoms with Gasteiger partial charge in [0.15, 0.2) is 11.5 Å². The molecule has 0 unspecified atom stereocenters. The van der Waals surface area contributed by atoms with E-state index in [1.807, 2.05) is 6.07 Å². The van der Waals surface area contributed by atoms with Crippen LogP contribution in [0.3, 0.4) is 0 Å². The van der Waals surface area contributed by atoms with Gasteiger partial charge in [-0.25, -0.2) is 10.2 Å². The standard InChI is InChI=1S/C17H17N5O4S/c1-24-13-8-15(26-3)14(25-2)7-10(13)9-18-20-17(23)19-11-5-4-6-12-16(11)22-27-21-12/h4-9H,1-3H3,(H2,19,20,23). The Balaban J connectivity index is 1.71. The number of nitrogens with one attached hydrogen (secondary N) is 2. The number of carbonyl (C=O) groups is 1. The fraction of sp³-hybridized carbons (Fsp3) is 0.176. The van der Waals surface area contributed by atoms with E-state index in [1.165, 1.54) is 27.5 Å². The topological polar surface area (TPSA) is 107 Å². The van der Waals surface area contributed by atoms with Crippen LogP contribution in [0.4, 0.5) is 10.5 Å². The van der Waals surface area contributed by atoms with E-state index in [2.05, 4.69) is 24.6 Å². The highest BCUT2D eigenvalue weighted by Gasteiger charge is 2.11. The molecule has 9 nitrogen and oxygen atoms in total. The largest absolute Gasteiger partial charge is 0.496 e. The monoisotopic (exact) mass is 387 g/mol. The van der Waals surface area contributed by atoms with Gasteiger partial charge in [-0.1, -0.05) is 6.07 Å². The number of hydrogen-bond acceptors (Lipinski definition) is 8. The second-order valence-corrected chi connectivity index (χ2v) is 5.74. The van der Waals surface area contributed by atoms with Crippen LogP contribution in [0.25, 0.3) is 11.0 Å². The van der Waals surface area contributed by atoms with Gasteiger partial charge in [0.2, 0.25) is 0 Å². The van der Waals surface area contributed by atoms with Gasteiger partial charge in [-0.05, 0) is 18.2 Å². The number of urea groups is 1. The maximum absolute atomic E-state index is 12.1. The van der Waals surface area contributed by atoms with Crippen LogP contribution in [0.5, 0.6) is 17.2 Å². The fourth-order valence-corrected chi connectivity index (χ4v) is 2.92. The summed E-state index contributed by atoms with van der Waals surface area (Å²) >= 11 is 1.08. The highest BCUT2D eigenvalue weighted by Crippen LogP contribution is 2.33. The number of benzene rings is 2. The van der Waals surface area contributed by atoms with Crippen molar-refractivity contribution in [3.8, 4) is 17.2 Å². The zero-order valence-electron chi connectivity index (χ0n) is 14.8. The van der Waals surface area contributed by atoms with Crippen molar-refractivity contribution in [1.82, 2.24) is 14.2 Å². The molecule has 0 aliphatic carbocycles. The molecule has 2 amide bonds. The van der Waals surface area contributed by atoms with Crippen LogP contribution in [-0.4, -0.2) is 42.3 Å². The van der Waals surface area contributed by atoms with Crippen LogP contribution >= 0.6 is 11.7 Å². The van der Waals surface area contributed by atoms with E-state index in [1.54, 1.807) is 24.3 Å². The number of carbonyl (C=O) groups excluding carboxylic acids is 1. The molecule has 3 rings (SSSR count). The molecule has 0 spiro atoms. The lowest BCUT2D eigenvalue weighted by molar-refractivity contribution is 0.252. The molecule has 0 radical (unpaired) electrons. The van der Waals surface area contributed by atoms with Crippen LogP contribution < -0.4 is 25.0 Å². The summed E-state index contributed by atoms with van der Waals surface area (Å²) in [4.78, 5) is 12.1. The first kappa shape index (κ1) is 18.4. The number of fused-ring (bicyclic) bond motifs is 1. The third-order valence-electron chi connectivity index (χ3n) is 3.64. The molecular formula is C17H17N5O4S. The number of amides is 2. The minimum absolute atomic E-state index is 0.508. The summed E-state index contributed by atoms with van der Waals surface area (Å²) in [7, 11) is 4.60. The summed E-state index contributed by atoms with van der Waals surface area (Å²) in [6.45, 7) is 0. The minimum atomic E-state index is -0.508. The summed E-state index contributed by atoms with van der Waals surface area (Å²) in [5, 5.41) is 6.64. The van der Waals surface area contributed by atoms with Gasteiger partial charge < -0.3 is 19.5 Å². The number of hydrazone groups is 1. The fourth-order valence-electron chi connectivity index (χ4n) is 2.37. The van der Waals surface area contributed by atoms with Crippen molar-refractivity contribution < 1.29 is 19.0 Å². The first-order chi connectivity index (χ1) is 13.2. The molecule has 1 heterocycles. The highest BCUT2D eigenvalue weighted by molar-refractivity contribution is 7.00. The number of aromatic nitrogens is 2. The second kappa shape index (κ2) is 8.32. The van der Waals surface area contributed by atoms with E-state index in [4.69, 9.17) is 14.2 Å². The molecule has 2 aromatic carbocycles. The van der Waals surface area contributed by atoms with E-state index < -0.39 is 6.03 Å². The van der Waals surface area contributed by atoms with Gasteiger partial charge in [-0.15, -0.1) is 0 Å². The Hall–Kier alpha value is -3.40. The molecule has 0 fully saturated rings. The van der Waals surface area contributed by atoms with Gasteiger partial charge in [0.05, 0.1) is 45.0 Å². The molecule has 27 heavy (non-hydrogen) atoms. The van der Waals surface area contributed by atoms with Gasteiger partial charge >= 0.3 is 6.03 Å². The van der Waals surface area contributed by atoms with E-state index >= 15 is 0 Å². The van der Waals surface area contributed by atoms with E-state index in [9.17, 15) is 4.79 Å². The summed E-state index contributed by atoms with van der Waals surface area (Å²) in [6, 6.07) is 8.22. The molecule has 0 bridgehead atoms. The maximum Gasteiger partial charge on any atom is 0.339 e. The third-order valence-corrected chi connectivity index (χ3v) is 4.18. The van der Waals surface area contributed by atoms with Crippen molar-refractivity contribution in [1.29, 1.82) is 0 Å². The van der Waals surface area contributed by atoms with Crippen molar-refractivity contribution in [3.63, 3.8) is 0 Å². The van der Waals surface area contributed by atoms with E-state index in [0.717, 1.165) is 17.2 Å². The van der Waals surface area contributed by atoms with E-state index in [-0.39, 0.29) is 0 Å². The lowest BCUT2D eigenvalue weighted by Crippen LogP contribution is -2.24. The molecule has 0 atom stereocenters. The first-order valence-electron chi connectivity index (χ1n) is 7.77. The van der Waals surface area contributed by atoms with Crippen LogP contribution in [-0.2, 0) is 0 Å². The predicted octanol–water partition coefficient (Wildman–Crippen LogP) is 2.87. The summed E-state index contributed by atoms with van der Waals surface area (Å²) in [5.41, 5.74) is 4.91. The van der Waals surface area contributed by atoms with Gasteiger partial charge in [0.25, 0.3) is 0 Å². The number of methoxy groups -OCH3 is 3. The van der Waals surface area contributed by atoms with Crippen molar-refractivity contribution in [3.05, 3.63) is 35.9 Å². The Morgan fingerprint density at radius 1 is 1.07 bits per heavy atom. The molecule has 0 aliphatic heterocycles. The third kappa shape index (κ3) is 4.06. The van der Waals surface area contributed by atoms with Crippen molar-refractivity contribution >= 4 is 40.7 Å². The lowest BCUT2D eigenvalue weighted by atomic mass is 10.2. The predicted molar refractivity (Wildman–Crippen MR) is 103 cm³/mol. The number of rotatable bonds is 6. The van der Waals surface area contributed by atoms with Gasteiger partial charge in [0.1, 0.15) is 16.8 Å². The van der Waals surface area contributed by atoms with Crippen LogP contribution in [0.2, 0.25) is 0 Å². The quantitative estimate of drug-likeness (QED) is 0.497. The Kier molecular flexibility index (Phi) is 5.67. The molecule has 3 aromatic rings. The summed E-state index contributed by atoms with van der Waals surface area (Å²) in [6.07, 6.45) is 1.45. The van der Waals surface area contributed by atoms with Crippen LogP contribution in [0.15, 0.2) is 35.4 Å². The first-order valence-corrected chi connectivity index (χ1v) is 8.50. The molecule has 0 saturated carbocycles. The molecule has 0 saturated heterocycles. The zero-order valence-corrected chi connectivity index (χ0v) is 15.7. The normalized spacial score (nSPS) is 10.8. The van der Waals surface area contributed by atoms with Gasteiger partial charge in [0, 0.05) is 11.6 Å². The Bertz CT molecular complexity index is 989. The Morgan fingerprint density at radius 2 is 1.81 bits per heavy atom. The average molecular weight is 387 g/mol. The van der Waals surface area contributed by atoms with Crippen molar-refractivity contribution in [2.75, 3.05) is 26.6 Å². The molecule has 0 aliphatic rings. The van der Waals surface area contributed by atoms with Gasteiger partial charge in [-0.3, -0.25) is 0 Å². The molecule has 2 N–H and O–H groups in total. The molecular weight excluding hydrogens is 370 g/mol. The number of anilines is 1. The lowest BCUT2D eigenvalue weighted by Gasteiger charge is -2.11. The van der Waals surface area contributed by atoms with Crippen molar-refractivity contribution in [2.24, 2.45) is 5.10 Å². The number of ether oxygens (including phenoxy) is 3. The number of hydrogen-bond donors (Lipinski definition) is 2.